The van der Waals surface area contributed by atoms with Crippen molar-refractivity contribution in [2.24, 2.45) is 0 Å². The van der Waals surface area contributed by atoms with Crippen molar-refractivity contribution in [1.82, 2.24) is 34.7 Å². The molecule has 0 aliphatic rings. The van der Waals surface area contributed by atoms with Gasteiger partial charge < -0.3 is 0 Å². The highest BCUT2D eigenvalue weighted by Crippen LogP contribution is 2.28. The average molecular weight is 480 g/mol. The van der Waals surface area contributed by atoms with Gasteiger partial charge in [0.2, 0.25) is 0 Å². The first-order chi connectivity index (χ1) is 17.6. The molecule has 1 N–H and O–H groups in total. The van der Waals surface area contributed by atoms with Gasteiger partial charge in [0.25, 0.3) is 0 Å². The van der Waals surface area contributed by atoms with Crippen LogP contribution >= 0.6 is 0 Å². The highest BCUT2D eigenvalue weighted by molar-refractivity contribution is 5.77. The number of aromatic amines is 1. The highest BCUT2D eigenvalue weighted by atomic mass is 16.1. The lowest BCUT2D eigenvalue weighted by Crippen LogP contribution is -2.25. The van der Waals surface area contributed by atoms with Crippen LogP contribution in [0.15, 0.2) is 71.8 Å². The average Bonchev–Trinajstić information content (AvgIpc) is 3.54. The van der Waals surface area contributed by atoms with Crippen molar-refractivity contribution in [3.8, 4) is 28.3 Å². The quantitative estimate of drug-likeness (QED) is 0.347. The number of benzene rings is 2. The van der Waals surface area contributed by atoms with Crippen LogP contribution in [0, 0.1) is 6.92 Å². The number of nitrogens with one attached hydrogen (secondary N) is 1. The minimum Gasteiger partial charge on any atom is -0.292 e. The van der Waals surface area contributed by atoms with Crippen molar-refractivity contribution < 1.29 is 0 Å². The maximum absolute atomic E-state index is 13.6. The summed E-state index contributed by atoms with van der Waals surface area (Å²) < 4.78 is 3.74. The lowest BCUT2D eigenvalue weighted by Gasteiger charge is -2.11. The molecule has 182 valence electrons. The normalized spacial score (nSPS) is 11.2. The van der Waals surface area contributed by atoms with E-state index < -0.39 is 0 Å². The Balaban J connectivity index is 1.50. The fourth-order valence-electron chi connectivity index (χ4n) is 4.72. The van der Waals surface area contributed by atoms with E-state index in [0.29, 0.717) is 18.1 Å². The molecule has 5 rings (SSSR count). The van der Waals surface area contributed by atoms with Crippen LogP contribution in [-0.2, 0) is 19.4 Å². The van der Waals surface area contributed by atoms with Gasteiger partial charge in [-0.1, -0.05) is 68.8 Å². The Morgan fingerprint density at radius 2 is 1.83 bits per heavy atom. The lowest BCUT2D eigenvalue weighted by molar-refractivity contribution is 0.691. The highest BCUT2D eigenvalue weighted by Gasteiger charge is 2.17. The summed E-state index contributed by atoms with van der Waals surface area (Å²) in [6, 6.07) is 18.4. The summed E-state index contributed by atoms with van der Waals surface area (Å²) in [7, 11) is 0. The summed E-state index contributed by atoms with van der Waals surface area (Å²) >= 11 is 0. The van der Waals surface area contributed by atoms with Crippen molar-refractivity contribution in [3.63, 3.8) is 0 Å². The standard InChI is InChI=1S/C28H29N7O/c1-4-8-23-18-35(26-19(3)9-6-10-21(26)5-2)28(36)34(23)17-20-12-14-22(15-13-20)24-11-7-16-29-25(24)27-30-32-33-31-27/h6-7,9-16,18H,4-5,8,17H2,1-3H3,(H,30,31,32,33). The summed E-state index contributed by atoms with van der Waals surface area (Å²) in [4.78, 5) is 18.1. The number of imidazole rings is 1. The molecule has 36 heavy (non-hydrogen) atoms. The second-order valence-electron chi connectivity index (χ2n) is 8.89. The largest absolute Gasteiger partial charge is 0.333 e. The van der Waals surface area contributed by atoms with Crippen molar-refractivity contribution >= 4 is 0 Å². The van der Waals surface area contributed by atoms with Crippen LogP contribution in [0.5, 0.6) is 0 Å². The summed E-state index contributed by atoms with van der Waals surface area (Å²) in [5, 5.41) is 14.1. The van der Waals surface area contributed by atoms with Crippen LogP contribution in [0.1, 0.15) is 42.7 Å². The van der Waals surface area contributed by atoms with Gasteiger partial charge in [-0.05, 0) is 58.5 Å². The predicted octanol–water partition coefficient (Wildman–Crippen LogP) is 4.75. The van der Waals surface area contributed by atoms with Gasteiger partial charge in [-0.15, -0.1) is 5.10 Å². The van der Waals surface area contributed by atoms with E-state index in [-0.39, 0.29) is 5.69 Å². The first-order valence-corrected chi connectivity index (χ1v) is 12.3. The van der Waals surface area contributed by atoms with E-state index in [0.717, 1.165) is 52.9 Å². The molecule has 0 radical (unpaired) electrons. The second kappa shape index (κ2) is 10.1. The molecule has 0 amide bonds. The summed E-state index contributed by atoms with van der Waals surface area (Å²) in [5.41, 5.74) is 8.02. The molecule has 0 atom stereocenters. The van der Waals surface area contributed by atoms with Crippen molar-refractivity contribution in [1.29, 1.82) is 0 Å². The zero-order valence-electron chi connectivity index (χ0n) is 20.8. The molecule has 2 aromatic carbocycles. The Hall–Kier alpha value is -4.33. The van der Waals surface area contributed by atoms with E-state index in [2.05, 4.69) is 88.8 Å². The fourth-order valence-corrected chi connectivity index (χ4v) is 4.72. The van der Waals surface area contributed by atoms with Crippen LogP contribution in [0.2, 0.25) is 0 Å². The molecule has 3 heterocycles. The summed E-state index contributed by atoms with van der Waals surface area (Å²) in [5.74, 6) is 0.523. The molecule has 5 aromatic rings. The van der Waals surface area contributed by atoms with E-state index in [1.54, 1.807) is 6.20 Å². The molecule has 0 unspecified atom stereocenters. The first-order valence-electron chi connectivity index (χ1n) is 12.3. The molecule has 3 aromatic heterocycles. The van der Waals surface area contributed by atoms with Crippen molar-refractivity contribution in [3.05, 3.63) is 99.9 Å². The van der Waals surface area contributed by atoms with E-state index in [1.165, 1.54) is 5.56 Å². The number of pyridine rings is 1. The molecule has 0 aliphatic heterocycles. The number of nitrogens with zero attached hydrogens (tertiary/aromatic N) is 6. The van der Waals surface area contributed by atoms with E-state index in [9.17, 15) is 4.79 Å². The second-order valence-corrected chi connectivity index (χ2v) is 8.89. The third-order valence-corrected chi connectivity index (χ3v) is 6.49. The van der Waals surface area contributed by atoms with Crippen LogP contribution in [0.25, 0.3) is 28.3 Å². The van der Waals surface area contributed by atoms with E-state index >= 15 is 0 Å². The third-order valence-electron chi connectivity index (χ3n) is 6.49. The minimum absolute atomic E-state index is 0.00103. The molecular formula is C28H29N7O. The molecule has 0 bridgehead atoms. The third kappa shape index (κ3) is 4.37. The molecule has 8 nitrogen and oxygen atoms in total. The number of hydrogen-bond acceptors (Lipinski definition) is 5. The number of para-hydroxylation sites is 1. The van der Waals surface area contributed by atoms with Crippen molar-refractivity contribution in [2.45, 2.75) is 46.6 Å². The number of tetrazole rings is 1. The predicted molar refractivity (Wildman–Crippen MR) is 140 cm³/mol. The number of aryl methyl sites for hydroxylation is 3. The molecule has 0 spiro atoms. The van der Waals surface area contributed by atoms with Crippen LogP contribution in [-0.4, -0.2) is 34.7 Å². The SMILES string of the molecule is CCCc1cn(-c2c(C)cccc2CC)c(=O)n1Cc1ccc(-c2cccnc2-c2nnn[nH]2)cc1. The molecule has 0 saturated heterocycles. The fraction of sp³-hybridized carbons (Fsp3) is 0.250. The molecule has 0 aliphatic carbocycles. The zero-order valence-corrected chi connectivity index (χ0v) is 20.8. The lowest BCUT2D eigenvalue weighted by atomic mass is 10.0. The molecule has 8 heteroatoms. The van der Waals surface area contributed by atoms with Crippen LogP contribution in [0.3, 0.4) is 0 Å². The number of aromatic nitrogens is 7. The zero-order chi connectivity index (χ0) is 25.1. The van der Waals surface area contributed by atoms with Gasteiger partial charge in [0.05, 0.1) is 12.2 Å². The van der Waals surface area contributed by atoms with Crippen molar-refractivity contribution in [2.75, 3.05) is 0 Å². The van der Waals surface area contributed by atoms with E-state index in [1.807, 2.05) is 27.5 Å². The number of H-pyrrole nitrogens is 1. The summed E-state index contributed by atoms with van der Waals surface area (Å²) in [6.45, 7) is 6.85. The topological polar surface area (TPSA) is 94.3 Å². The van der Waals surface area contributed by atoms with Gasteiger partial charge >= 0.3 is 5.69 Å². The van der Waals surface area contributed by atoms with Gasteiger partial charge in [-0.3, -0.25) is 14.1 Å². The van der Waals surface area contributed by atoms with Gasteiger partial charge in [0, 0.05) is 23.7 Å². The van der Waals surface area contributed by atoms with Gasteiger partial charge in [-0.2, -0.15) is 0 Å². The number of hydrogen-bond donors (Lipinski definition) is 1. The minimum atomic E-state index is -0.00103. The Kier molecular flexibility index (Phi) is 6.58. The summed E-state index contributed by atoms with van der Waals surface area (Å²) in [6.07, 6.45) is 6.43. The van der Waals surface area contributed by atoms with Gasteiger partial charge in [0.15, 0.2) is 5.82 Å². The monoisotopic (exact) mass is 479 g/mol. The maximum atomic E-state index is 13.6. The van der Waals surface area contributed by atoms with Crippen LogP contribution < -0.4 is 5.69 Å². The number of rotatable bonds is 8. The van der Waals surface area contributed by atoms with E-state index in [4.69, 9.17) is 0 Å². The van der Waals surface area contributed by atoms with Gasteiger partial charge in [-0.25, -0.2) is 9.89 Å². The smallest absolute Gasteiger partial charge is 0.292 e. The first kappa shape index (κ1) is 23.4. The molecule has 0 fully saturated rings. The molecular weight excluding hydrogens is 450 g/mol. The Morgan fingerprint density at radius 1 is 1.00 bits per heavy atom. The Bertz CT molecular complexity index is 1530. The Labute approximate surface area is 209 Å². The van der Waals surface area contributed by atoms with Crippen LogP contribution in [0.4, 0.5) is 0 Å². The van der Waals surface area contributed by atoms with Gasteiger partial charge in [0.1, 0.15) is 5.69 Å². The Morgan fingerprint density at radius 3 is 2.56 bits per heavy atom. The molecule has 0 saturated carbocycles. The maximum Gasteiger partial charge on any atom is 0.333 e.